The molecule has 0 spiro atoms. The maximum Gasteiger partial charge on any atom is 0.350 e. The maximum atomic E-state index is 15.8. The number of aliphatic hydroxyl groups is 2. The van der Waals surface area contributed by atoms with Crippen LogP contribution >= 0.6 is 0 Å². The third-order valence-electron chi connectivity index (χ3n) is 15.7. The number of hydrogen-bond donors (Lipinski definition) is 3. The Kier molecular flexibility index (Phi) is 14.7. The Morgan fingerprint density at radius 1 is 0.757 bits per heavy atom. The van der Waals surface area contributed by atoms with Crippen molar-refractivity contribution >= 4 is 47.3 Å². The summed E-state index contributed by atoms with van der Waals surface area (Å²) in [6, 6.07) is 28.3. The minimum absolute atomic E-state index is 0.0121. The lowest BCUT2D eigenvalue weighted by atomic mass is 9.42. The monoisotopic (exact) mass is 1010 g/mol. The van der Waals surface area contributed by atoms with E-state index >= 15 is 9.59 Å². The molecular formula is C57H59NO16. The number of Topliss-reactive ketones (excluding diaryl/α,β-unsaturated/α-hetero) is 2. The minimum Gasteiger partial charge on any atom is -0.465 e. The van der Waals surface area contributed by atoms with Gasteiger partial charge in [-0.05, 0) is 67.0 Å². The highest BCUT2D eigenvalue weighted by Crippen LogP contribution is 2.66. The Morgan fingerprint density at radius 3 is 1.86 bits per heavy atom. The summed E-state index contributed by atoms with van der Waals surface area (Å²) in [5, 5.41) is 29.2. The number of amides is 1. The summed E-state index contributed by atoms with van der Waals surface area (Å²) in [6.45, 7) is 8.20. The number of rotatable bonds is 14. The van der Waals surface area contributed by atoms with Crippen LogP contribution in [0.3, 0.4) is 0 Å². The Morgan fingerprint density at radius 2 is 1.32 bits per heavy atom. The third kappa shape index (κ3) is 9.32. The van der Waals surface area contributed by atoms with Crippen molar-refractivity contribution in [3.05, 3.63) is 154 Å². The van der Waals surface area contributed by atoms with Crippen molar-refractivity contribution < 1.29 is 77.0 Å². The molecule has 4 aromatic rings. The first-order valence-electron chi connectivity index (χ1n) is 24.3. The molecule has 3 unspecified atom stereocenters. The molecule has 1 heterocycles. The second-order valence-corrected chi connectivity index (χ2v) is 20.2. The molecule has 1 aliphatic heterocycles. The topological polar surface area (TPSA) is 244 Å². The van der Waals surface area contributed by atoms with Crippen LogP contribution in [0.25, 0.3) is 0 Å². The van der Waals surface area contributed by atoms with Crippen molar-refractivity contribution in [1.82, 2.24) is 5.32 Å². The van der Waals surface area contributed by atoms with Crippen LogP contribution in [0.4, 0.5) is 0 Å². The van der Waals surface area contributed by atoms with Crippen LogP contribution in [-0.2, 0) is 47.6 Å². The number of fused-ring (bicyclic) bond motifs is 5. The predicted octanol–water partition coefficient (Wildman–Crippen LogP) is 6.05. The molecular weight excluding hydrogens is 955 g/mol. The first-order chi connectivity index (χ1) is 35.1. The van der Waals surface area contributed by atoms with Gasteiger partial charge >= 0.3 is 29.8 Å². The number of nitrogens with one attached hydrogen (secondary N) is 1. The number of aliphatic hydroxyl groups excluding tert-OH is 1. The molecule has 8 rings (SSSR count). The van der Waals surface area contributed by atoms with Gasteiger partial charge in [-0.2, -0.15) is 0 Å². The van der Waals surface area contributed by atoms with E-state index in [4.69, 9.17) is 28.4 Å². The van der Waals surface area contributed by atoms with Gasteiger partial charge in [-0.25, -0.2) is 14.4 Å². The second kappa shape index (κ2) is 20.5. The van der Waals surface area contributed by atoms with Gasteiger partial charge in [0.1, 0.15) is 18.2 Å². The standard InChI is InChI=1S/C57H59NO16/c1-31-41(72-53(67)47(73-52(66)38-25-23-37(24-26-38)51(65)69-7)45(35-19-13-9-14-20-35)58-50(64)36-21-15-10-16-22-36)29-57(68)39(27-40(61)34-17-11-8-12-18-34)48-55(6,42(62)28-43-56(48,30-70-43)74-33(3)60)49(63)46(71-32(2)59)44(31)54(57,4)5/h8-26,39,41-43,45-48,62,68H,27-30H2,1-7H3,(H,58,64)/t39?,41-,42-,43?,45-,46+,47+,48?,55+,56-,57+/m0/s1. The van der Waals surface area contributed by atoms with E-state index in [2.05, 4.69) is 5.32 Å². The summed E-state index contributed by atoms with van der Waals surface area (Å²) in [6.07, 6.45) is -9.15. The normalized spacial score (nSPS) is 28.4. The molecule has 4 aliphatic rings. The lowest BCUT2D eigenvalue weighted by Gasteiger charge is -2.68. The van der Waals surface area contributed by atoms with Crippen LogP contribution in [0.5, 0.6) is 0 Å². The molecule has 388 valence electrons. The minimum atomic E-state index is -2.28. The number of hydrogen-bond acceptors (Lipinski definition) is 16. The number of ether oxygens (including phenoxy) is 6. The summed E-state index contributed by atoms with van der Waals surface area (Å²) < 4.78 is 35.5. The molecule has 17 nitrogen and oxygen atoms in total. The lowest BCUT2D eigenvalue weighted by molar-refractivity contribution is -0.339. The van der Waals surface area contributed by atoms with E-state index in [1.54, 1.807) is 105 Å². The molecule has 74 heavy (non-hydrogen) atoms. The average molecular weight is 1010 g/mol. The van der Waals surface area contributed by atoms with Gasteiger partial charge in [0.05, 0.1) is 42.0 Å². The van der Waals surface area contributed by atoms with E-state index in [9.17, 15) is 39.0 Å². The van der Waals surface area contributed by atoms with Gasteiger partial charge in [-0.15, -0.1) is 0 Å². The Labute approximate surface area is 427 Å². The van der Waals surface area contributed by atoms with Crippen molar-refractivity contribution in [3.63, 3.8) is 0 Å². The fraction of sp³-hybridized carbons (Fsp3) is 0.404. The SMILES string of the molecule is COC(=O)c1ccc(C(=O)O[C@@H](C(=O)O[C@H]2C[C@@]3(O)C(CC(=O)c4ccccc4)C4[C@]5(OC(C)=O)COC5C[C@H](O)[C@@]4(C)C(=O)[C@H](OC(C)=O)C(=C2C)C3(C)C)[C@@H](NC(=O)c2ccccc2)c2ccccc2)cc1. The highest BCUT2D eigenvalue weighted by Gasteiger charge is 2.77. The molecule has 11 atom stereocenters. The molecule has 1 amide bonds. The van der Waals surface area contributed by atoms with E-state index < -0.39 is 131 Å². The summed E-state index contributed by atoms with van der Waals surface area (Å²) >= 11 is 0. The van der Waals surface area contributed by atoms with Crippen molar-refractivity contribution in [2.24, 2.45) is 22.7 Å². The van der Waals surface area contributed by atoms with Gasteiger partial charge < -0.3 is 44.0 Å². The number of carbonyl (C=O) groups is 8. The zero-order valence-electron chi connectivity index (χ0n) is 42.0. The van der Waals surface area contributed by atoms with Gasteiger partial charge in [-0.3, -0.25) is 24.0 Å². The highest BCUT2D eigenvalue weighted by molar-refractivity contribution is 5.99. The molecule has 0 radical (unpaired) electrons. The molecule has 3 aliphatic carbocycles. The number of ketones is 2. The molecule has 17 heteroatoms. The zero-order valence-corrected chi connectivity index (χ0v) is 42.0. The van der Waals surface area contributed by atoms with Gasteiger partial charge in [0.15, 0.2) is 23.3 Å². The molecule has 1 saturated heterocycles. The van der Waals surface area contributed by atoms with E-state index in [1.165, 1.54) is 52.1 Å². The van der Waals surface area contributed by atoms with Crippen molar-refractivity contribution in [2.45, 2.75) is 109 Å². The molecule has 3 N–H and O–H groups in total. The maximum absolute atomic E-state index is 15.8. The smallest absolute Gasteiger partial charge is 0.350 e. The summed E-state index contributed by atoms with van der Waals surface area (Å²) in [4.78, 5) is 113. The number of methoxy groups -OCH3 is 1. The van der Waals surface area contributed by atoms with E-state index in [0.717, 1.165) is 6.92 Å². The van der Waals surface area contributed by atoms with Crippen LogP contribution in [0.2, 0.25) is 0 Å². The van der Waals surface area contributed by atoms with Crippen LogP contribution < -0.4 is 5.32 Å². The summed E-state index contributed by atoms with van der Waals surface area (Å²) in [7, 11) is 1.20. The zero-order chi connectivity index (χ0) is 53.5. The summed E-state index contributed by atoms with van der Waals surface area (Å²) in [5.41, 5.74) is -6.68. The number of carbonyl (C=O) groups excluding carboxylic acids is 8. The Bertz CT molecular complexity index is 2880. The molecule has 2 bridgehead atoms. The van der Waals surface area contributed by atoms with Gasteiger partial charge in [0, 0.05) is 61.5 Å². The fourth-order valence-corrected chi connectivity index (χ4v) is 12.0. The number of esters is 5. The van der Waals surface area contributed by atoms with Gasteiger partial charge in [0.25, 0.3) is 5.91 Å². The first-order valence-corrected chi connectivity index (χ1v) is 24.3. The fourth-order valence-electron chi connectivity index (χ4n) is 12.0. The highest BCUT2D eigenvalue weighted by atomic mass is 16.6. The van der Waals surface area contributed by atoms with Crippen molar-refractivity contribution in [1.29, 1.82) is 0 Å². The van der Waals surface area contributed by atoms with Crippen LogP contribution in [0.15, 0.2) is 126 Å². The molecule has 4 aromatic carbocycles. The van der Waals surface area contributed by atoms with Crippen LogP contribution in [0, 0.1) is 22.7 Å². The predicted molar refractivity (Wildman–Crippen MR) is 262 cm³/mol. The van der Waals surface area contributed by atoms with E-state index in [-0.39, 0.29) is 46.4 Å². The first kappa shape index (κ1) is 53.0. The summed E-state index contributed by atoms with van der Waals surface area (Å²) in [5.74, 6) is -9.42. The van der Waals surface area contributed by atoms with Gasteiger partial charge in [0.2, 0.25) is 6.10 Å². The molecule has 2 saturated carbocycles. The average Bonchev–Trinajstić information content (AvgIpc) is 3.41. The number of benzene rings is 4. The Hall–Kier alpha value is -7.34. The van der Waals surface area contributed by atoms with E-state index in [0.29, 0.717) is 5.56 Å². The Balaban J connectivity index is 1.31. The molecule has 3 fully saturated rings. The van der Waals surface area contributed by atoms with Crippen LogP contribution in [-0.4, -0.2) is 113 Å². The third-order valence-corrected chi connectivity index (χ3v) is 15.7. The van der Waals surface area contributed by atoms with Crippen molar-refractivity contribution in [3.8, 4) is 0 Å². The largest absolute Gasteiger partial charge is 0.465 e. The van der Waals surface area contributed by atoms with Crippen LogP contribution in [0.1, 0.15) is 114 Å². The van der Waals surface area contributed by atoms with E-state index in [1.807, 2.05) is 0 Å². The second-order valence-electron chi connectivity index (χ2n) is 20.2. The lowest BCUT2D eigenvalue weighted by Crippen LogP contribution is -2.80. The van der Waals surface area contributed by atoms with Gasteiger partial charge in [-0.1, -0.05) is 92.7 Å². The quantitative estimate of drug-likeness (QED) is 0.0563. The molecule has 0 aromatic heterocycles. The van der Waals surface area contributed by atoms with Crippen molar-refractivity contribution in [2.75, 3.05) is 13.7 Å².